The highest BCUT2D eigenvalue weighted by molar-refractivity contribution is 5.81. The summed E-state index contributed by atoms with van der Waals surface area (Å²) in [6.45, 7) is 3.01. The van der Waals surface area contributed by atoms with Gasteiger partial charge in [0, 0.05) is 30.9 Å². The SMILES string of the molecule is CCC(NC)c1ccn(Cc2nn(C)c3ccccc23)c1. The Labute approximate surface area is 125 Å². The van der Waals surface area contributed by atoms with E-state index in [0.29, 0.717) is 6.04 Å². The van der Waals surface area contributed by atoms with Crippen LogP contribution >= 0.6 is 0 Å². The van der Waals surface area contributed by atoms with Crippen LogP contribution in [0.2, 0.25) is 0 Å². The number of nitrogens with zero attached hydrogens (tertiary/aromatic N) is 3. The van der Waals surface area contributed by atoms with Crippen molar-refractivity contribution in [1.82, 2.24) is 19.7 Å². The van der Waals surface area contributed by atoms with Crippen LogP contribution in [0.25, 0.3) is 10.9 Å². The van der Waals surface area contributed by atoms with Crippen LogP contribution in [0.15, 0.2) is 42.7 Å². The molecular formula is C17H22N4. The van der Waals surface area contributed by atoms with E-state index >= 15 is 0 Å². The van der Waals surface area contributed by atoms with E-state index in [9.17, 15) is 0 Å². The normalized spacial score (nSPS) is 12.9. The van der Waals surface area contributed by atoms with Crippen molar-refractivity contribution < 1.29 is 0 Å². The zero-order chi connectivity index (χ0) is 14.8. The zero-order valence-electron chi connectivity index (χ0n) is 12.9. The third-order valence-corrected chi connectivity index (χ3v) is 4.10. The Kier molecular flexibility index (Phi) is 3.80. The summed E-state index contributed by atoms with van der Waals surface area (Å²) in [5.74, 6) is 0. The van der Waals surface area contributed by atoms with Crippen molar-refractivity contribution in [2.45, 2.75) is 25.9 Å². The lowest BCUT2D eigenvalue weighted by atomic mass is 10.1. The van der Waals surface area contributed by atoms with Gasteiger partial charge in [-0.15, -0.1) is 0 Å². The standard InChI is InChI=1S/C17H22N4/c1-4-15(18-2)13-9-10-21(11-13)12-16-14-7-5-6-8-17(14)20(3)19-16/h5-11,15,18H,4,12H2,1-3H3. The Balaban J connectivity index is 1.89. The van der Waals surface area contributed by atoms with Crippen LogP contribution in [0.4, 0.5) is 0 Å². The van der Waals surface area contributed by atoms with Gasteiger partial charge in [0.15, 0.2) is 0 Å². The molecule has 4 heteroatoms. The molecule has 0 saturated carbocycles. The van der Waals surface area contributed by atoms with E-state index < -0.39 is 0 Å². The summed E-state index contributed by atoms with van der Waals surface area (Å²) in [5.41, 5.74) is 3.63. The number of hydrogen-bond donors (Lipinski definition) is 1. The van der Waals surface area contributed by atoms with Crippen molar-refractivity contribution >= 4 is 10.9 Å². The van der Waals surface area contributed by atoms with E-state index in [-0.39, 0.29) is 0 Å². The minimum atomic E-state index is 0.423. The highest BCUT2D eigenvalue weighted by Crippen LogP contribution is 2.20. The van der Waals surface area contributed by atoms with Crippen LogP contribution in [0, 0.1) is 0 Å². The van der Waals surface area contributed by atoms with Crippen LogP contribution in [-0.4, -0.2) is 21.4 Å². The molecule has 0 bridgehead atoms. The fourth-order valence-electron chi connectivity index (χ4n) is 2.95. The van der Waals surface area contributed by atoms with Crippen LogP contribution < -0.4 is 5.32 Å². The first-order chi connectivity index (χ1) is 10.2. The van der Waals surface area contributed by atoms with E-state index in [1.54, 1.807) is 0 Å². The predicted octanol–water partition coefficient (Wildman–Crippen LogP) is 3.09. The van der Waals surface area contributed by atoms with E-state index in [2.05, 4.69) is 64.6 Å². The highest BCUT2D eigenvalue weighted by atomic mass is 15.3. The van der Waals surface area contributed by atoms with Gasteiger partial charge in [0.25, 0.3) is 0 Å². The maximum absolute atomic E-state index is 4.66. The summed E-state index contributed by atoms with van der Waals surface area (Å²) in [4.78, 5) is 0. The molecule has 2 heterocycles. The fraction of sp³-hybridized carbons (Fsp3) is 0.353. The van der Waals surface area contributed by atoms with Crippen LogP contribution in [0.3, 0.4) is 0 Å². The monoisotopic (exact) mass is 282 g/mol. The quantitative estimate of drug-likeness (QED) is 0.780. The number of para-hydroxylation sites is 1. The summed E-state index contributed by atoms with van der Waals surface area (Å²) >= 11 is 0. The summed E-state index contributed by atoms with van der Waals surface area (Å²) < 4.78 is 4.17. The molecule has 0 saturated heterocycles. The molecule has 0 spiro atoms. The number of benzene rings is 1. The molecule has 110 valence electrons. The topological polar surface area (TPSA) is 34.8 Å². The van der Waals surface area contributed by atoms with E-state index in [0.717, 1.165) is 18.7 Å². The molecule has 0 radical (unpaired) electrons. The lowest BCUT2D eigenvalue weighted by Gasteiger charge is -2.11. The van der Waals surface area contributed by atoms with Gasteiger partial charge in [0.05, 0.1) is 17.8 Å². The Morgan fingerprint density at radius 1 is 1.24 bits per heavy atom. The molecule has 0 amide bonds. The summed E-state index contributed by atoms with van der Waals surface area (Å²) in [6.07, 6.45) is 5.44. The molecular weight excluding hydrogens is 260 g/mol. The molecule has 1 unspecified atom stereocenters. The van der Waals surface area contributed by atoms with E-state index in [4.69, 9.17) is 0 Å². The first-order valence-electron chi connectivity index (χ1n) is 7.46. The first kappa shape index (κ1) is 13.9. The molecule has 1 N–H and O–H groups in total. The number of aromatic nitrogens is 3. The van der Waals surface area contributed by atoms with Crippen LogP contribution in [0.5, 0.6) is 0 Å². The maximum atomic E-state index is 4.66. The summed E-state index contributed by atoms with van der Waals surface area (Å²) in [6, 6.07) is 11.0. The summed E-state index contributed by atoms with van der Waals surface area (Å²) in [5, 5.41) is 9.24. The average molecular weight is 282 g/mol. The molecule has 1 atom stereocenters. The van der Waals surface area contributed by atoms with Crippen molar-refractivity contribution in [2.75, 3.05) is 7.05 Å². The number of rotatable bonds is 5. The lowest BCUT2D eigenvalue weighted by Crippen LogP contribution is -2.14. The third kappa shape index (κ3) is 2.59. The van der Waals surface area contributed by atoms with Gasteiger partial charge in [-0.2, -0.15) is 5.10 Å². The third-order valence-electron chi connectivity index (χ3n) is 4.10. The second kappa shape index (κ2) is 5.74. The molecule has 4 nitrogen and oxygen atoms in total. The number of fused-ring (bicyclic) bond motifs is 1. The molecule has 1 aromatic carbocycles. The van der Waals surface area contributed by atoms with Gasteiger partial charge in [0.1, 0.15) is 0 Å². The van der Waals surface area contributed by atoms with Gasteiger partial charge in [-0.05, 0) is 31.2 Å². The molecule has 0 aliphatic rings. The van der Waals surface area contributed by atoms with Crippen molar-refractivity contribution in [3.8, 4) is 0 Å². The fourth-order valence-corrected chi connectivity index (χ4v) is 2.95. The Bertz CT molecular complexity index is 734. The van der Waals surface area contributed by atoms with Crippen molar-refractivity contribution in [1.29, 1.82) is 0 Å². The largest absolute Gasteiger partial charge is 0.348 e. The molecule has 3 aromatic rings. The van der Waals surface area contributed by atoms with Crippen molar-refractivity contribution in [3.05, 3.63) is 54.0 Å². The molecule has 3 rings (SSSR count). The molecule has 2 aromatic heterocycles. The van der Waals surface area contributed by atoms with Crippen LogP contribution in [-0.2, 0) is 13.6 Å². The second-order valence-electron chi connectivity index (χ2n) is 5.45. The lowest BCUT2D eigenvalue weighted by molar-refractivity contribution is 0.575. The number of hydrogen-bond acceptors (Lipinski definition) is 2. The highest BCUT2D eigenvalue weighted by Gasteiger charge is 2.11. The second-order valence-corrected chi connectivity index (χ2v) is 5.45. The Morgan fingerprint density at radius 2 is 2.05 bits per heavy atom. The van der Waals surface area contributed by atoms with Gasteiger partial charge < -0.3 is 9.88 Å². The predicted molar refractivity (Wildman–Crippen MR) is 86.3 cm³/mol. The Morgan fingerprint density at radius 3 is 2.81 bits per heavy atom. The van der Waals surface area contributed by atoms with E-state index in [1.807, 2.05) is 18.8 Å². The van der Waals surface area contributed by atoms with Crippen molar-refractivity contribution in [2.24, 2.45) is 7.05 Å². The average Bonchev–Trinajstić information content (AvgIpc) is 3.08. The molecule has 0 aliphatic carbocycles. The van der Waals surface area contributed by atoms with Gasteiger partial charge in [0.2, 0.25) is 0 Å². The van der Waals surface area contributed by atoms with Gasteiger partial charge in [-0.1, -0.05) is 25.1 Å². The minimum Gasteiger partial charge on any atom is -0.348 e. The molecule has 0 aliphatic heterocycles. The molecule has 0 fully saturated rings. The summed E-state index contributed by atoms with van der Waals surface area (Å²) in [7, 11) is 4.01. The number of aryl methyl sites for hydroxylation is 1. The first-order valence-corrected chi connectivity index (χ1v) is 7.46. The van der Waals surface area contributed by atoms with Gasteiger partial charge in [-0.3, -0.25) is 4.68 Å². The minimum absolute atomic E-state index is 0.423. The maximum Gasteiger partial charge on any atom is 0.0900 e. The van der Waals surface area contributed by atoms with Crippen molar-refractivity contribution in [3.63, 3.8) is 0 Å². The van der Waals surface area contributed by atoms with Gasteiger partial charge in [-0.25, -0.2) is 0 Å². The number of nitrogens with one attached hydrogen (secondary N) is 1. The Hall–Kier alpha value is -2.07. The van der Waals surface area contributed by atoms with E-state index in [1.165, 1.54) is 16.5 Å². The van der Waals surface area contributed by atoms with Crippen LogP contribution in [0.1, 0.15) is 30.6 Å². The van der Waals surface area contributed by atoms with Gasteiger partial charge >= 0.3 is 0 Å². The smallest absolute Gasteiger partial charge is 0.0900 e. The zero-order valence-corrected chi connectivity index (χ0v) is 12.9. The molecule has 21 heavy (non-hydrogen) atoms.